The Morgan fingerprint density at radius 2 is 2.50 bits per heavy atom. The van der Waals surface area contributed by atoms with Crippen molar-refractivity contribution in [2.24, 2.45) is 0 Å². The zero-order chi connectivity index (χ0) is 5.98. The predicted molar refractivity (Wildman–Crippen MR) is 32.5 cm³/mol. The normalized spacial score (nSPS) is 31.5. The second kappa shape index (κ2) is 2.74. The fraction of sp³-hybridized carbons (Fsp3) is 1.00. The van der Waals surface area contributed by atoms with Crippen LogP contribution in [0.15, 0.2) is 0 Å². The maximum absolute atomic E-state index is 5.18. The summed E-state index contributed by atoms with van der Waals surface area (Å²) in [6.07, 6.45) is 0. The van der Waals surface area contributed by atoms with Crippen LogP contribution >= 0.6 is 8.53 Å². The van der Waals surface area contributed by atoms with Crippen molar-refractivity contribution in [1.29, 1.82) is 0 Å². The summed E-state index contributed by atoms with van der Waals surface area (Å²) in [7, 11) is 3.01. The van der Waals surface area contributed by atoms with Gasteiger partial charge in [0.1, 0.15) is 0 Å². The molecule has 0 aromatic carbocycles. The van der Waals surface area contributed by atoms with E-state index in [1.54, 1.807) is 7.11 Å². The van der Waals surface area contributed by atoms with Gasteiger partial charge in [-0.1, -0.05) is 0 Å². The van der Waals surface area contributed by atoms with Gasteiger partial charge in [-0.25, -0.2) is 4.67 Å². The van der Waals surface area contributed by atoms with Crippen molar-refractivity contribution in [1.82, 2.24) is 4.67 Å². The van der Waals surface area contributed by atoms with Crippen LogP contribution in [-0.2, 0) is 9.05 Å². The Morgan fingerprint density at radius 1 is 1.75 bits per heavy atom. The van der Waals surface area contributed by atoms with E-state index in [1.807, 2.05) is 7.05 Å². The summed E-state index contributed by atoms with van der Waals surface area (Å²) in [5.74, 6) is 0. The number of hydrogen-bond donors (Lipinski definition) is 0. The van der Waals surface area contributed by atoms with Crippen LogP contribution in [0.2, 0.25) is 0 Å². The van der Waals surface area contributed by atoms with E-state index in [9.17, 15) is 0 Å². The van der Waals surface area contributed by atoms with Gasteiger partial charge in [-0.15, -0.1) is 0 Å². The van der Waals surface area contributed by atoms with Gasteiger partial charge < -0.3 is 9.05 Å². The standard InChI is InChI=1S/C4H10NO2P/c1-5-3-4-7-8(5)6-2/h3-4H2,1-2H3. The second-order valence-corrected chi connectivity index (χ2v) is 3.42. The third-order valence-corrected chi connectivity index (χ3v) is 2.52. The van der Waals surface area contributed by atoms with Crippen LogP contribution < -0.4 is 0 Å². The van der Waals surface area contributed by atoms with Crippen molar-refractivity contribution >= 4 is 8.53 Å². The van der Waals surface area contributed by atoms with Gasteiger partial charge in [-0.3, -0.25) is 0 Å². The minimum atomic E-state index is -0.671. The molecule has 1 fully saturated rings. The van der Waals surface area contributed by atoms with Gasteiger partial charge in [0.05, 0.1) is 6.61 Å². The molecule has 4 heteroatoms. The van der Waals surface area contributed by atoms with Crippen LogP contribution in [0.4, 0.5) is 0 Å². The van der Waals surface area contributed by atoms with Crippen LogP contribution in [0.5, 0.6) is 0 Å². The Bertz CT molecular complexity index is 80.4. The summed E-state index contributed by atoms with van der Waals surface area (Å²) in [6, 6.07) is 0. The van der Waals surface area contributed by atoms with Crippen LogP contribution in [-0.4, -0.2) is 32.0 Å². The third kappa shape index (κ3) is 1.17. The monoisotopic (exact) mass is 135 g/mol. The van der Waals surface area contributed by atoms with E-state index < -0.39 is 8.53 Å². The van der Waals surface area contributed by atoms with Crippen LogP contribution in [0, 0.1) is 0 Å². The molecule has 0 N–H and O–H groups in total. The highest BCUT2D eigenvalue weighted by Gasteiger charge is 2.21. The Kier molecular flexibility index (Phi) is 2.20. The fourth-order valence-corrected chi connectivity index (χ4v) is 1.69. The molecule has 1 unspecified atom stereocenters. The first-order valence-electron chi connectivity index (χ1n) is 2.53. The lowest BCUT2D eigenvalue weighted by molar-refractivity contribution is 0.318. The number of hydrogen-bond acceptors (Lipinski definition) is 3. The van der Waals surface area contributed by atoms with Gasteiger partial charge in [0.15, 0.2) is 0 Å². The Balaban J connectivity index is 2.30. The molecular formula is C4H10NO2P. The van der Waals surface area contributed by atoms with Crippen molar-refractivity contribution in [3.05, 3.63) is 0 Å². The molecule has 0 aliphatic carbocycles. The van der Waals surface area contributed by atoms with Gasteiger partial charge >= 0.3 is 0 Å². The Hall–Kier alpha value is 0.310. The van der Waals surface area contributed by atoms with E-state index in [4.69, 9.17) is 9.05 Å². The van der Waals surface area contributed by atoms with E-state index in [0.717, 1.165) is 13.2 Å². The minimum Gasteiger partial charge on any atom is -0.325 e. The molecule has 1 aliphatic heterocycles. The van der Waals surface area contributed by atoms with Crippen molar-refractivity contribution in [2.75, 3.05) is 27.3 Å². The first-order valence-corrected chi connectivity index (χ1v) is 3.66. The molecule has 3 nitrogen and oxygen atoms in total. The quantitative estimate of drug-likeness (QED) is 0.497. The predicted octanol–water partition coefficient (Wildman–Crippen LogP) is 0.822. The smallest absolute Gasteiger partial charge is 0.258 e. The van der Waals surface area contributed by atoms with Gasteiger partial charge in [-0.05, 0) is 7.05 Å². The Labute approximate surface area is 50.5 Å². The molecule has 1 heterocycles. The molecule has 8 heavy (non-hydrogen) atoms. The minimum absolute atomic E-state index is 0.671. The number of rotatable bonds is 1. The molecule has 1 atom stereocenters. The van der Waals surface area contributed by atoms with E-state index in [-0.39, 0.29) is 0 Å². The van der Waals surface area contributed by atoms with Crippen molar-refractivity contribution in [3.63, 3.8) is 0 Å². The molecule has 0 aromatic heterocycles. The van der Waals surface area contributed by atoms with E-state index in [1.165, 1.54) is 0 Å². The summed E-state index contributed by atoms with van der Waals surface area (Å²) < 4.78 is 12.3. The summed E-state index contributed by atoms with van der Waals surface area (Å²) in [5.41, 5.74) is 0. The molecule has 48 valence electrons. The zero-order valence-corrected chi connectivity index (χ0v) is 6.02. The van der Waals surface area contributed by atoms with Gasteiger partial charge in [0, 0.05) is 13.7 Å². The van der Waals surface area contributed by atoms with Crippen molar-refractivity contribution < 1.29 is 9.05 Å². The molecule has 1 saturated heterocycles. The summed E-state index contributed by atoms with van der Waals surface area (Å²) >= 11 is 0. The fourth-order valence-electron chi connectivity index (χ4n) is 0.623. The average molecular weight is 135 g/mol. The molecule has 0 aromatic rings. The number of likely N-dealkylation sites (N-methyl/N-ethyl adjacent to an activating group) is 1. The molecule has 0 amide bonds. The second-order valence-electron chi connectivity index (χ2n) is 1.63. The lowest BCUT2D eigenvalue weighted by Crippen LogP contribution is -2.06. The van der Waals surface area contributed by atoms with Crippen molar-refractivity contribution in [2.45, 2.75) is 0 Å². The maximum Gasteiger partial charge on any atom is 0.258 e. The lowest BCUT2D eigenvalue weighted by atomic mass is 10.7. The average Bonchev–Trinajstić information content (AvgIpc) is 2.14. The topological polar surface area (TPSA) is 21.7 Å². The van der Waals surface area contributed by atoms with Gasteiger partial charge in [-0.2, -0.15) is 0 Å². The van der Waals surface area contributed by atoms with Crippen LogP contribution in [0.25, 0.3) is 0 Å². The number of nitrogens with zero attached hydrogens (tertiary/aromatic N) is 1. The molecule has 0 spiro atoms. The van der Waals surface area contributed by atoms with E-state index in [0.29, 0.717) is 0 Å². The third-order valence-electron chi connectivity index (χ3n) is 1.05. The highest BCUT2D eigenvalue weighted by Crippen LogP contribution is 2.43. The molecule has 0 saturated carbocycles. The van der Waals surface area contributed by atoms with Gasteiger partial charge in [0.25, 0.3) is 8.53 Å². The SMILES string of the molecule is COP1OCCN1C. The van der Waals surface area contributed by atoms with E-state index >= 15 is 0 Å². The van der Waals surface area contributed by atoms with Crippen LogP contribution in [0.1, 0.15) is 0 Å². The zero-order valence-electron chi connectivity index (χ0n) is 5.13. The highest BCUT2D eigenvalue weighted by atomic mass is 31.2. The Morgan fingerprint density at radius 3 is 2.75 bits per heavy atom. The van der Waals surface area contributed by atoms with Crippen molar-refractivity contribution in [3.8, 4) is 0 Å². The summed E-state index contributed by atoms with van der Waals surface area (Å²) in [4.78, 5) is 0. The molecule has 1 aliphatic rings. The van der Waals surface area contributed by atoms with Crippen LogP contribution in [0.3, 0.4) is 0 Å². The lowest BCUT2D eigenvalue weighted by Gasteiger charge is -2.12. The molecular weight excluding hydrogens is 125 g/mol. The summed E-state index contributed by atoms with van der Waals surface area (Å²) in [6.45, 7) is 1.82. The van der Waals surface area contributed by atoms with Gasteiger partial charge in [0.2, 0.25) is 0 Å². The largest absolute Gasteiger partial charge is 0.325 e. The highest BCUT2D eigenvalue weighted by molar-refractivity contribution is 7.44. The first-order chi connectivity index (χ1) is 3.84. The molecule has 0 radical (unpaired) electrons. The summed E-state index contributed by atoms with van der Waals surface area (Å²) in [5, 5.41) is 0. The molecule has 0 bridgehead atoms. The first kappa shape index (κ1) is 6.43. The molecule has 1 rings (SSSR count). The maximum atomic E-state index is 5.18. The van der Waals surface area contributed by atoms with E-state index in [2.05, 4.69) is 4.67 Å².